The van der Waals surface area contributed by atoms with E-state index in [9.17, 15) is 4.79 Å². The van der Waals surface area contributed by atoms with Gasteiger partial charge in [-0.05, 0) is 55.7 Å². The van der Waals surface area contributed by atoms with Crippen LogP contribution in [0.25, 0.3) is 0 Å². The molecule has 0 radical (unpaired) electrons. The topological polar surface area (TPSA) is 38.3 Å². The van der Waals surface area contributed by atoms with E-state index in [-0.39, 0.29) is 12.5 Å². The molecular weight excluding hydrogens is 306 g/mol. The molecule has 0 heterocycles. The summed E-state index contributed by atoms with van der Waals surface area (Å²) in [6.07, 6.45) is 5.09. The van der Waals surface area contributed by atoms with Gasteiger partial charge in [-0.25, -0.2) is 0 Å². The van der Waals surface area contributed by atoms with Crippen molar-refractivity contribution in [3.8, 4) is 5.75 Å². The predicted molar refractivity (Wildman–Crippen MR) is 77.0 cm³/mol. The first-order valence-electron chi connectivity index (χ1n) is 6.90. The molecule has 2 fully saturated rings. The van der Waals surface area contributed by atoms with E-state index in [1.807, 2.05) is 24.3 Å². The summed E-state index contributed by atoms with van der Waals surface area (Å²) in [5.74, 6) is 2.17. The van der Waals surface area contributed by atoms with Crippen LogP contribution in [0, 0.1) is 11.8 Å². The van der Waals surface area contributed by atoms with Crippen LogP contribution in [0.1, 0.15) is 25.7 Å². The first kappa shape index (κ1) is 13.0. The summed E-state index contributed by atoms with van der Waals surface area (Å²) in [5, 5.41) is 3.15. The number of carbonyl (C=O) groups excluding carboxylic acids is 1. The van der Waals surface area contributed by atoms with E-state index >= 15 is 0 Å². The van der Waals surface area contributed by atoms with Crippen LogP contribution in [-0.2, 0) is 4.79 Å². The molecule has 0 bridgehead atoms. The first-order chi connectivity index (χ1) is 9.22. The Kier molecular flexibility index (Phi) is 3.78. The van der Waals surface area contributed by atoms with Crippen LogP contribution >= 0.6 is 15.9 Å². The van der Waals surface area contributed by atoms with E-state index in [1.165, 1.54) is 25.7 Å². The van der Waals surface area contributed by atoms with Gasteiger partial charge in [0.25, 0.3) is 5.91 Å². The van der Waals surface area contributed by atoms with Crippen molar-refractivity contribution in [2.45, 2.75) is 31.7 Å². The molecule has 1 amide bonds. The molecule has 4 heteroatoms. The minimum Gasteiger partial charge on any atom is -0.484 e. The second-order valence-electron chi connectivity index (χ2n) is 5.51. The molecule has 0 aliphatic heterocycles. The van der Waals surface area contributed by atoms with Crippen LogP contribution in [0.3, 0.4) is 0 Å². The van der Waals surface area contributed by atoms with Gasteiger partial charge in [0.2, 0.25) is 0 Å². The van der Waals surface area contributed by atoms with E-state index in [1.54, 1.807) is 0 Å². The molecule has 0 spiro atoms. The molecule has 0 unspecified atom stereocenters. The zero-order valence-corrected chi connectivity index (χ0v) is 12.4. The summed E-state index contributed by atoms with van der Waals surface area (Å²) >= 11 is 3.38. The Labute approximate surface area is 121 Å². The van der Waals surface area contributed by atoms with Gasteiger partial charge < -0.3 is 10.1 Å². The highest BCUT2D eigenvalue weighted by atomic mass is 79.9. The maximum absolute atomic E-state index is 11.9. The maximum atomic E-state index is 11.9. The lowest BCUT2D eigenvalue weighted by Crippen LogP contribution is -2.40. The third kappa shape index (κ3) is 3.72. The number of halogens is 1. The van der Waals surface area contributed by atoms with E-state index < -0.39 is 0 Å². The Morgan fingerprint density at radius 3 is 2.58 bits per heavy atom. The van der Waals surface area contributed by atoms with Gasteiger partial charge in [0.05, 0.1) is 0 Å². The minimum atomic E-state index is 0.00350. The van der Waals surface area contributed by atoms with Gasteiger partial charge in [-0.1, -0.05) is 22.0 Å². The lowest BCUT2D eigenvalue weighted by Gasteiger charge is -2.17. The Hall–Kier alpha value is -1.03. The number of rotatable bonds is 6. The molecule has 0 atom stereocenters. The van der Waals surface area contributed by atoms with Gasteiger partial charge in [0.15, 0.2) is 6.61 Å². The van der Waals surface area contributed by atoms with Gasteiger partial charge in [-0.3, -0.25) is 4.79 Å². The highest BCUT2D eigenvalue weighted by molar-refractivity contribution is 9.10. The molecule has 1 aromatic carbocycles. The molecule has 2 aliphatic carbocycles. The van der Waals surface area contributed by atoms with Crippen LogP contribution in [0.2, 0.25) is 0 Å². The fraction of sp³-hybridized carbons (Fsp3) is 0.533. The highest BCUT2D eigenvalue weighted by Gasteiger charge is 2.42. The van der Waals surface area contributed by atoms with Crippen LogP contribution in [0.5, 0.6) is 5.75 Å². The number of hydrogen-bond donors (Lipinski definition) is 1. The fourth-order valence-electron chi connectivity index (χ4n) is 2.46. The summed E-state index contributed by atoms with van der Waals surface area (Å²) in [6, 6.07) is 7.96. The molecule has 1 N–H and O–H groups in total. The van der Waals surface area contributed by atoms with Crippen molar-refractivity contribution >= 4 is 21.8 Å². The number of amides is 1. The largest absolute Gasteiger partial charge is 0.484 e. The standard InChI is InChI=1S/C15H18BrNO2/c16-12-2-1-3-13(8-12)19-9-14(18)17-15(10-4-5-10)11-6-7-11/h1-3,8,10-11,15H,4-7,9H2,(H,17,18). The van der Waals surface area contributed by atoms with Crippen molar-refractivity contribution in [3.05, 3.63) is 28.7 Å². The second kappa shape index (κ2) is 5.53. The summed E-state index contributed by atoms with van der Waals surface area (Å²) in [5.41, 5.74) is 0. The molecule has 19 heavy (non-hydrogen) atoms. The SMILES string of the molecule is O=C(COc1cccc(Br)c1)NC(C1CC1)C1CC1. The normalized spacial score (nSPS) is 18.4. The zero-order chi connectivity index (χ0) is 13.2. The average Bonchev–Trinajstić information content (AvgIpc) is 3.27. The van der Waals surface area contributed by atoms with Crippen LogP contribution in [0.4, 0.5) is 0 Å². The van der Waals surface area contributed by atoms with Crippen molar-refractivity contribution in [1.82, 2.24) is 5.32 Å². The molecule has 2 saturated carbocycles. The number of nitrogens with one attached hydrogen (secondary N) is 1. The van der Waals surface area contributed by atoms with Crippen molar-refractivity contribution in [1.29, 1.82) is 0 Å². The van der Waals surface area contributed by atoms with Crippen LogP contribution < -0.4 is 10.1 Å². The average molecular weight is 324 g/mol. The molecule has 0 aromatic heterocycles. The molecule has 3 nitrogen and oxygen atoms in total. The van der Waals surface area contributed by atoms with Crippen molar-refractivity contribution in [3.63, 3.8) is 0 Å². The second-order valence-corrected chi connectivity index (χ2v) is 6.43. The maximum Gasteiger partial charge on any atom is 0.258 e. The van der Waals surface area contributed by atoms with Gasteiger partial charge in [-0.2, -0.15) is 0 Å². The Bertz CT molecular complexity index is 457. The van der Waals surface area contributed by atoms with Gasteiger partial charge in [0, 0.05) is 10.5 Å². The molecule has 2 aliphatic rings. The lowest BCUT2D eigenvalue weighted by molar-refractivity contribution is -0.124. The molecular formula is C15H18BrNO2. The van der Waals surface area contributed by atoms with Crippen molar-refractivity contribution in [2.75, 3.05) is 6.61 Å². The summed E-state index contributed by atoms with van der Waals surface area (Å²) < 4.78 is 6.47. The molecule has 0 saturated heterocycles. The smallest absolute Gasteiger partial charge is 0.258 e. The summed E-state index contributed by atoms with van der Waals surface area (Å²) in [6.45, 7) is 0.104. The van der Waals surface area contributed by atoms with E-state index in [0.717, 1.165) is 22.1 Å². The van der Waals surface area contributed by atoms with E-state index in [0.29, 0.717) is 6.04 Å². The number of hydrogen-bond acceptors (Lipinski definition) is 2. The van der Waals surface area contributed by atoms with Crippen LogP contribution in [0.15, 0.2) is 28.7 Å². The molecule has 3 rings (SSSR count). The van der Waals surface area contributed by atoms with E-state index in [2.05, 4.69) is 21.2 Å². The molecule has 102 valence electrons. The van der Waals surface area contributed by atoms with Gasteiger partial charge >= 0.3 is 0 Å². The lowest BCUT2D eigenvalue weighted by atomic mass is 10.1. The Balaban J connectivity index is 1.48. The Morgan fingerprint density at radius 1 is 1.32 bits per heavy atom. The fourth-order valence-corrected chi connectivity index (χ4v) is 2.84. The zero-order valence-electron chi connectivity index (χ0n) is 10.8. The van der Waals surface area contributed by atoms with Crippen LogP contribution in [-0.4, -0.2) is 18.6 Å². The third-order valence-electron chi connectivity index (χ3n) is 3.75. The number of carbonyl (C=O) groups is 1. The Morgan fingerprint density at radius 2 is 2.00 bits per heavy atom. The summed E-state index contributed by atoms with van der Waals surface area (Å²) in [7, 11) is 0. The van der Waals surface area contributed by atoms with Gasteiger partial charge in [-0.15, -0.1) is 0 Å². The van der Waals surface area contributed by atoms with Crippen molar-refractivity contribution in [2.24, 2.45) is 11.8 Å². The highest BCUT2D eigenvalue weighted by Crippen LogP contribution is 2.44. The van der Waals surface area contributed by atoms with Crippen molar-refractivity contribution < 1.29 is 9.53 Å². The van der Waals surface area contributed by atoms with Gasteiger partial charge in [0.1, 0.15) is 5.75 Å². The quantitative estimate of drug-likeness (QED) is 0.873. The minimum absolute atomic E-state index is 0.00350. The summed E-state index contributed by atoms with van der Waals surface area (Å²) in [4.78, 5) is 11.9. The van der Waals surface area contributed by atoms with E-state index in [4.69, 9.17) is 4.74 Å². The number of benzene rings is 1. The third-order valence-corrected chi connectivity index (χ3v) is 4.25. The first-order valence-corrected chi connectivity index (χ1v) is 7.69. The monoisotopic (exact) mass is 323 g/mol. The predicted octanol–water partition coefficient (Wildman–Crippen LogP) is 3.13. The molecule has 1 aromatic rings. The number of ether oxygens (including phenoxy) is 1.